The van der Waals surface area contributed by atoms with Gasteiger partial charge in [-0.2, -0.15) is 4.80 Å². The zero-order chi connectivity index (χ0) is 22.6. The highest BCUT2D eigenvalue weighted by molar-refractivity contribution is 6.02. The molecule has 0 atom stereocenters. The van der Waals surface area contributed by atoms with E-state index in [1.165, 1.54) is 4.80 Å². The average molecular weight is 435 g/mol. The van der Waals surface area contributed by atoms with Crippen LogP contribution in [-0.2, 0) is 11.3 Å². The number of fused-ring (bicyclic) bond motifs is 1. The Morgan fingerprint density at radius 3 is 2.33 bits per heavy atom. The molecule has 0 fully saturated rings. The van der Waals surface area contributed by atoms with Crippen molar-refractivity contribution >= 4 is 28.1 Å². The van der Waals surface area contributed by atoms with Crippen molar-refractivity contribution in [2.45, 2.75) is 6.54 Å². The highest BCUT2D eigenvalue weighted by Gasteiger charge is 2.20. The second kappa shape index (κ2) is 8.92. The van der Waals surface area contributed by atoms with Gasteiger partial charge in [-0.15, -0.1) is 10.2 Å². The molecule has 0 bridgehead atoms. The molecule has 1 amide bonds. The Kier molecular flexibility index (Phi) is 5.51. The molecule has 162 valence electrons. The number of tetrazole rings is 1. The van der Waals surface area contributed by atoms with Crippen molar-refractivity contribution in [3.63, 3.8) is 0 Å². The Morgan fingerprint density at radius 2 is 1.58 bits per heavy atom. The van der Waals surface area contributed by atoms with Crippen LogP contribution in [0.3, 0.4) is 0 Å². The van der Waals surface area contributed by atoms with Gasteiger partial charge in [0, 0.05) is 16.9 Å². The monoisotopic (exact) mass is 435 g/mol. The summed E-state index contributed by atoms with van der Waals surface area (Å²) < 4.78 is 5.19. The largest absolute Gasteiger partial charge is 0.497 e. The van der Waals surface area contributed by atoms with Gasteiger partial charge in [0.15, 0.2) is 0 Å². The molecule has 33 heavy (non-hydrogen) atoms. The van der Waals surface area contributed by atoms with Gasteiger partial charge in [0.2, 0.25) is 5.82 Å². The van der Waals surface area contributed by atoms with Crippen LogP contribution in [0.2, 0.25) is 0 Å². The molecule has 0 aliphatic rings. The van der Waals surface area contributed by atoms with Crippen LogP contribution < -0.4 is 9.64 Å². The number of ether oxygens (including phenoxy) is 1. The van der Waals surface area contributed by atoms with Gasteiger partial charge in [-0.1, -0.05) is 48.5 Å². The van der Waals surface area contributed by atoms with Crippen LogP contribution in [0.5, 0.6) is 5.75 Å². The molecule has 0 radical (unpaired) electrons. The molecule has 7 heteroatoms. The van der Waals surface area contributed by atoms with E-state index in [-0.39, 0.29) is 12.5 Å². The minimum Gasteiger partial charge on any atom is -0.497 e. The van der Waals surface area contributed by atoms with Gasteiger partial charge in [-0.3, -0.25) is 9.69 Å². The summed E-state index contributed by atoms with van der Waals surface area (Å²) in [4.78, 5) is 16.5. The number of nitrogens with zero attached hydrogens (tertiary/aromatic N) is 5. The summed E-state index contributed by atoms with van der Waals surface area (Å²) in [7, 11) is 1.61. The first-order chi connectivity index (χ1) is 16.2. The number of methoxy groups -OCH3 is 1. The summed E-state index contributed by atoms with van der Waals surface area (Å²) in [6, 6.07) is 31.0. The van der Waals surface area contributed by atoms with Crippen molar-refractivity contribution in [2.24, 2.45) is 0 Å². The standard InChI is InChI=1S/C26H21N5O2/c1-33-24-15-12-20(13-16-24)26-27-29-30(28-26)18-25(32)31(22-9-3-2-4-10-22)23-14-11-19-7-5-6-8-21(19)17-23/h2-17H,18H2,1H3. The van der Waals surface area contributed by atoms with Crippen LogP contribution in [0, 0.1) is 0 Å². The molecule has 1 heterocycles. The molecule has 7 nitrogen and oxygen atoms in total. The Balaban J connectivity index is 1.44. The zero-order valence-corrected chi connectivity index (χ0v) is 18.0. The molecular weight excluding hydrogens is 414 g/mol. The molecule has 0 saturated heterocycles. The first-order valence-corrected chi connectivity index (χ1v) is 10.5. The maximum atomic E-state index is 13.5. The summed E-state index contributed by atoms with van der Waals surface area (Å²) >= 11 is 0. The number of para-hydroxylation sites is 1. The second-order valence-electron chi connectivity index (χ2n) is 7.47. The van der Waals surface area contributed by atoms with Gasteiger partial charge in [-0.05, 0) is 64.5 Å². The van der Waals surface area contributed by atoms with Gasteiger partial charge in [0.05, 0.1) is 7.11 Å². The number of amides is 1. The van der Waals surface area contributed by atoms with E-state index in [0.717, 1.165) is 33.5 Å². The summed E-state index contributed by atoms with van der Waals surface area (Å²) in [6.45, 7) is -0.0507. The van der Waals surface area contributed by atoms with Gasteiger partial charge < -0.3 is 4.74 Å². The quantitative estimate of drug-likeness (QED) is 0.381. The fraction of sp³-hybridized carbons (Fsp3) is 0.0769. The number of rotatable bonds is 6. The van der Waals surface area contributed by atoms with Crippen molar-refractivity contribution in [3.05, 3.63) is 97.1 Å². The topological polar surface area (TPSA) is 73.1 Å². The minimum absolute atomic E-state index is 0.0507. The maximum absolute atomic E-state index is 13.5. The molecule has 5 rings (SSSR count). The third-order valence-electron chi connectivity index (χ3n) is 5.33. The van der Waals surface area contributed by atoms with E-state index in [9.17, 15) is 4.79 Å². The zero-order valence-electron chi connectivity index (χ0n) is 18.0. The van der Waals surface area contributed by atoms with Crippen molar-refractivity contribution in [3.8, 4) is 17.1 Å². The van der Waals surface area contributed by atoms with E-state index in [0.29, 0.717) is 5.82 Å². The predicted molar refractivity (Wildman–Crippen MR) is 127 cm³/mol. The Labute approximate surface area is 190 Å². The van der Waals surface area contributed by atoms with Crippen LogP contribution in [-0.4, -0.2) is 33.2 Å². The normalized spacial score (nSPS) is 10.8. The lowest BCUT2D eigenvalue weighted by molar-refractivity contribution is -0.118. The predicted octanol–water partition coefficient (Wildman–Crippen LogP) is 4.87. The van der Waals surface area contributed by atoms with Gasteiger partial charge in [-0.25, -0.2) is 0 Å². The van der Waals surface area contributed by atoms with Crippen molar-refractivity contribution in [1.29, 1.82) is 0 Å². The summed E-state index contributed by atoms with van der Waals surface area (Å²) in [5.74, 6) is 1.02. The maximum Gasteiger partial charge on any atom is 0.255 e. The summed E-state index contributed by atoms with van der Waals surface area (Å²) in [5.41, 5.74) is 2.35. The fourth-order valence-electron chi connectivity index (χ4n) is 3.69. The number of benzene rings is 4. The van der Waals surface area contributed by atoms with E-state index >= 15 is 0 Å². The Morgan fingerprint density at radius 1 is 0.848 bits per heavy atom. The molecule has 5 aromatic rings. The first-order valence-electron chi connectivity index (χ1n) is 10.5. The number of aromatic nitrogens is 4. The third kappa shape index (κ3) is 4.29. The van der Waals surface area contributed by atoms with Crippen molar-refractivity contribution < 1.29 is 9.53 Å². The van der Waals surface area contributed by atoms with Crippen molar-refractivity contribution in [1.82, 2.24) is 20.2 Å². The fourth-order valence-corrected chi connectivity index (χ4v) is 3.69. The van der Waals surface area contributed by atoms with Crippen LogP contribution in [0.25, 0.3) is 22.2 Å². The second-order valence-corrected chi connectivity index (χ2v) is 7.47. The first kappa shape index (κ1) is 20.4. The number of anilines is 2. The number of hydrogen-bond donors (Lipinski definition) is 0. The van der Waals surface area contributed by atoms with Crippen LogP contribution >= 0.6 is 0 Å². The molecule has 0 unspecified atom stereocenters. The molecule has 4 aromatic carbocycles. The third-order valence-corrected chi connectivity index (χ3v) is 5.33. The molecule has 0 spiro atoms. The number of carbonyl (C=O) groups is 1. The average Bonchev–Trinajstić information content (AvgIpc) is 3.33. The minimum atomic E-state index is -0.171. The molecule has 0 N–H and O–H groups in total. The highest BCUT2D eigenvalue weighted by atomic mass is 16.5. The Hall–Kier alpha value is -4.52. The van der Waals surface area contributed by atoms with Crippen LogP contribution in [0.15, 0.2) is 97.1 Å². The van der Waals surface area contributed by atoms with E-state index in [1.807, 2.05) is 97.1 Å². The van der Waals surface area contributed by atoms with E-state index in [2.05, 4.69) is 15.4 Å². The van der Waals surface area contributed by atoms with Crippen molar-refractivity contribution in [2.75, 3.05) is 12.0 Å². The van der Waals surface area contributed by atoms with Crippen LogP contribution in [0.4, 0.5) is 11.4 Å². The SMILES string of the molecule is COc1ccc(-c2nnn(CC(=O)N(c3ccccc3)c3ccc4ccccc4c3)n2)cc1. The van der Waals surface area contributed by atoms with Gasteiger partial charge >= 0.3 is 0 Å². The molecular formula is C26H21N5O2. The molecule has 0 aliphatic heterocycles. The van der Waals surface area contributed by atoms with E-state index in [4.69, 9.17) is 4.74 Å². The van der Waals surface area contributed by atoms with Gasteiger partial charge in [0.25, 0.3) is 5.91 Å². The van der Waals surface area contributed by atoms with Crippen LogP contribution in [0.1, 0.15) is 0 Å². The molecule has 0 aliphatic carbocycles. The Bertz CT molecular complexity index is 1400. The highest BCUT2D eigenvalue weighted by Crippen LogP contribution is 2.29. The number of hydrogen-bond acceptors (Lipinski definition) is 5. The summed E-state index contributed by atoms with van der Waals surface area (Å²) in [5, 5.41) is 14.8. The van der Waals surface area contributed by atoms with Gasteiger partial charge in [0.1, 0.15) is 12.3 Å². The van der Waals surface area contributed by atoms with E-state index < -0.39 is 0 Å². The lowest BCUT2D eigenvalue weighted by atomic mass is 10.1. The van der Waals surface area contributed by atoms with E-state index in [1.54, 1.807) is 12.0 Å². The lowest BCUT2D eigenvalue weighted by Crippen LogP contribution is -2.30. The molecule has 0 saturated carbocycles. The summed E-state index contributed by atoms with van der Waals surface area (Å²) in [6.07, 6.45) is 0. The smallest absolute Gasteiger partial charge is 0.255 e. The number of carbonyl (C=O) groups excluding carboxylic acids is 1. The molecule has 1 aromatic heterocycles. The lowest BCUT2D eigenvalue weighted by Gasteiger charge is -2.23.